The lowest BCUT2D eigenvalue weighted by Crippen LogP contribution is -2.11. The fraction of sp³-hybridized carbons (Fsp3) is 0.125. The van der Waals surface area contributed by atoms with Crippen molar-refractivity contribution in [3.05, 3.63) is 97.1 Å². The van der Waals surface area contributed by atoms with E-state index in [9.17, 15) is 0 Å². The Morgan fingerprint density at radius 3 is 0.735 bits per heavy atom. The third kappa shape index (κ3) is 2.88. The van der Waals surface area contributed by atoms with Crippen LogP contribution >= 0.6 is 0 Å². The van der Waals surface area contributed by atoms with Gasteiger partial charge in [0, 0.05) is 49.7 Å². The van der Waals surface area contributed by atoms with Crippen molar-refractivity contribution in [2.45, 2.75) is 0 Å². The molecule has 0 aliphatic heterocycles. The fourth-order valence-electron chi connectivity index (χ4n) is 5.71. The van der Waals surface area contributed by atoms with Crippen LogP contribution in [-0.2, 0) is 0 Å². The molecule has 0 saturated heterocycles. The van der Waals surface area contributed by atoms with E-state index in [-0.39, 0.29) is 0 Å². The quantitative estimate of drug-likeness (QED) is 0.257. The van der Waals surface area contributed by atoms with Crippen LogP contribution in [0.4, 0.5) is 11.4 Å². The molecular formula is C32H28N2. The minimum atomic E-state index is 1.27. The van der Waals surface area contributed by atoms with Gasteiger partial charge in [0.2, 0.25) is 0 Å². The number of benzene rings is 6. The molecule has 0 radical (unpaired) electrons. The molecule has 0 amide bonds. The smallest absolute Gasteiger partial charge is 0.0520 e. The van der Waals surface area contributed by atoms with E-state index in [0.717, 1.165) is 0 Å². The average Bonchev–Trinajstić information content (AvgIpc) is 2.85. The van der Waals surface area contributed by atoms with Gasteiger partial charge in [-0.1, -0.05) is 97.1 Å². The lowest BCUT2D eigenvalue weighted by atomic mass is 9.84. The summed E-state index contributed by atoms with van der Waals surface area (Å²) in [5.74, 6) is 0. The molecule has 0 aliphatic carbocycles. The number of rotatable bonds is 3. The first-order chi connectivity index (χ1) is 16.6. The highest BCUT2D eigenvalue weighted by atomic mass is 15.1. The van der Waals surface area contributed by atoms with Crippen molar-refractivity contribution in [3.63, 3.8) is 0 Å². The highest BCUT2D eigenvalue weighted by molar-refractivity contribution is 6.29. The number of hydrogen-bond donors (Lipinski definition) is 0. The van der Waals surface area contributed by atoms with Crippen molar-refractivity contribution in [1.29, 1.82) is 0 Å². The molecule has 166 valence electrons. The molecular weight excluding hydrogens is 412 g/mol. The van der Waals surface area contributed by atoms with Crippen LogP contribution in [0, 0.1) is 0 Å². The molecule has 0 N–H and O–H groups in total. The summed E-state index contributed by atoms with van der Waals surface area (Å²) in [6.45, 7) is 0. The van der Waals surface area contributed by atoms with Crippen LogP contribution in [0.3, 0.4) is 0 Å². The monoisotopic (exact) mass is 440 g/mol. The summed E-state index contributed by atoms with van der Waals surface area (Å²) in [6.07, 6.45) is 0. The van der Waals surface area contributed by atoms with Gasteiger partial charge in [0.1, 0.15) is 0 Å². The SMILES string of the molecule is CN(C)c1c2ccccc2c(-c2c3ccccc3c(N(C)C)c3ccccc23)c2ccccc12. The minimum absolute atomic E-state index is 1.27. The second-order valence-electron chi connectivity index (χ2n) is 9.42. The summed E-state index contributed by atoms with van der Waals surface area (Å²) in [4.78, 5) is 4.50. The van der Waals surface area contributed by atoms with Crippen molar-refractivity contribution in [3.8, 4) is 11.1 Å². The minimum Gasteiger partial charge on any atom is -0.377 e. The topological polar surface area (TPSA) is 6.48 Å². The molecule has 0 fully saturated rings. The maximum atomic E-state index is 2.29. The van der Waals surface area contributed by atoms with Gasteiger partial charge in [0.25, 0.3) is 0 Å². The maximum absolute atomic E-state index is 2.29. The lowest BCUT2D eigenvalue weighted by molar-refractivity contribution is 1.15. The van der Waals surface area contributed by atoms with E-state index in [4.69, 9.17) is 0 Å². The van der Waals surface area contributed by atoms with Gasteiger partial charge in [0.15, 0.2) is 0 Å². The van der Waals surface area contributed by atoms with Gasteiger partial charge < -0.3 is 9.80 Å². The van der Waals surface area contributed by atoms with Crippen LogP contribution < -0.4 is 9.80 Å². The van der Waals surface area contributed by atoms with Gasteiger partial charge in [-0.25, -0.2) is 0 Å². The van der Waals surface area contributed by atoms with Crippen LogP contribution in [0.1, 0.15) is 0 Å². The summed E-state index contributed by atoms with van der Waals surface area (Å²) < 4.78 is 0. The molecule has 2 heteroatoms. The Bertz CT molecular complexity index is 1470. The van der Waals surface area contributed by atoms with Crippen LogP contribution in [0.25, 0.3) is 54.2 Å². The van der Waals surface area contributed by atoms with Gasteiger partial charge in [-0.05, 0) is 32.7 Å². The third-order valence-corrected chi connectivity index (χ3v) is 6.95. The van der Waals surface area contributed by atoms with E-state index in [1.165, 1.54) is 65.6 Å². The van der Waals surface area contributed by atoms with Gasteiger partial charge in [-0.3, -0.25) is 0 Å². The van der Waals surface area contributed by atoms with Gasteiger partial charge in [0.05, 0.1) is 11.4 Å². The van der Waals surface area contributed by atoms with Gasteiger partial charge in [-0.2, -0.15) is 0 Å². The molecule has 0 bridgehead atoms. The van der Waals surface area contributed by atoms with E-state index in [1.54, 1.807) is 0 Å². The Labute approximate surface area is 200 Å². The molecule has 0 aliphatic rings. The molecule has 6 aromatic rings. The number of fused-ring (bicyclic) bond motifs is 4. The summed E-state index contributed by atoms with van der Waals surface area (Å²) in [7, 11) is 8.57. The predicted molar refractivity (Wildman–Crippen MR) is 151 cm³/mol. The molecule has 0 saturated carbocycles. The van der Waals surface area contributed by atoms with Crippen molar-refractivity contribution in [1.82, 2.24) is 0 Å². The van der Waals surface area contributed by atoms with Crippen molar-refractivity contribution < 1.29 is 0 Å². The van der Waals surface area contributed by atoms with Crippen LogP contribution in [-0.4, -0.2) is 28.2 Å². The highest BCUT2D eigenvalue weighted by Crippen LogP contribution is 2.49. The first-order valence-corrected chi connectivity index (χ1v) is 11.8. The molecule has 34 heavy (non-hydrogen) atoms. The van der Waals surface area contributed by atoms with Gasteiger partial charge >= 0.3 is 0 Å². The lowest BCUT2D eigenvalue weighted by Gasteiger charge is -2.25. The Morgan fingerprint density at radius 2 is 0.529 bits per heavy atom. The molecule has 0 atom stereocenters. The normalized spacial score (nSPS) is 11.5. The molecule has 2 nitrogen and oxygen atoms in total. The maximum Gasteiger partial charge on any atom is 0.0520 e. The predicted octanol–water partition coefficient (Wildman–Crippen LogP) is 8.10. The Hall–Kier alpha value is -4.04. The first kappa shape index (κ1) is 20.6. The molecule has 6 rings (SSSR count). The number of nitrogens with zero attached hydrogens (tertiary/aromatic N) is 2. The zero-order valence-corrected chi connectivity index (χ0v) is 20.1. The van der Waals surface area contributed by atoms with E-state index in [0.29, 0.717) is 0 Å². The van der Waals surface area contributed by atoms with E-state index in [2.05, 4.69) is 135 Å². The molecule has 0 aromatic heterocycles. The summed E-state index contributed by atoms with van der Waals surface area (Å²) >= 11 is 0. The summed E-state index contributed by atoms with van der Waals surface area (Å²) in [5, 5.41) is 10.3. The van der Waals surface area contributed by atoms with Crippen molar-refractivity contribution in [2.24, 2.45) is 0 Å². The highest BCUT2D eigenvalue weighted by Gasteiger charge is 2.21. The van der Waals surface area contributed by atoms with Crippen LogP contribution in [0.5, 0.6) is 0 Å². The molecule has 0 spiro atoms. The Balaban J connectivity index is 1.94. The third-order valence-electron chi connectivity index (χ3n) is 6.95. The standard InChI is InChI=1S/C32H28N2/c1-33(2)31-25-17-9-5-13-21(25)29(22-14-6-10-18-26(22)31)30-23-15-7-11-19-27(23)32(34(3)4)28-20-12-8-16-24(28)30/h5-20H,1-4H3. The number of anilines is 2. The average molecular weight is 441 g/mol. The van der Waals surface area contributed by atoms with Crippen molar-refractivity contribution in [2.75, 3.05) is 38.0 Å². The zero-order chi connectivity index (χ0) is 23.4. The van der Waals surface area contributed by atoms with Gasteiger partial charge in [-0.15, -0.1) is 0 Å². The van der Waals surface area contributed by atoms with Crippen LogP contribution in [0.15, 0.2) is 97.1 Å². The second-order valence-corrected chi connectivity index (χ2v) is 9.42. The van der Waals surface area contributed by atoms with E-state index in [1.807, 2.05) is 0 Å². The van der Waals surface area contributed by atoms with Crippen molar-refractivity contribution >= 4 is 54.5 Å². The number of hydrogen-bond acceptors (Lipinski definition) is 2. The molecule has 0 heterocycles. The summed E-state index contributed by atoms with van der Waals surface area (Å²) in [5.41, 5.74) is 5.17. The zero-order valence-electron chi connectivity index (χ0n) is 20.1. The fourth-order valence-corrected chi connectivity index (χ4v) is 5.71. The first-order valence-electron chi connectivity index (χ1n) is 11.8. The van der Waals surface area contributed by atoms with Crippen LogP contribution in [0.2, 0.25) is 0 Å². The Kier molecular flexibility index (Phi) is 4.70. The molecule has 0 unspecified atom stereocenters. The summed E-state index contributed by atoms with van der Waals surface area (Å²) in [6, 6.07) is 35.5. The Morgan fingerprint density at radius 1 is 0.324 bits per heavy atom. The largest absolute Gasteiger partial charge is 0.377 e. The van der Waals surface area contributed by atoms with E-state index < -0.39 is 0 Å². The van der Waals surface area contributed by atoms with E-state index >= 15 is 0 Å². The molecule has 6 aromatic carbocycles. The second kappa shape index (κ2) is 7.78.